The van der Waals surface area contributed by atoms with Gasteiger partial charge in [-0.2, -0.15) is 0 Å². The largest absolute Gasteiger partial charge is 0.450 e. The molecule has 0 heterocycles. The molecule has 0 spiro atoms. The molecule has 1 aromatic rings. The zero-order valence-corrected chi connectivity index (χ0v) is 23.5. The third-order valence-corrected chi connectivity index (χ3v) is 4.46. The van der Waals surface area contributed by atoms with E-state index in [1.807, 2.05) is 51.1 Å². The fraction of sp³-hybridized carbons (Fsp3) is 0.630. The molecular formula is C27H48N4O6. The molecule has 0 bridgehead atoms. The standard InChI is InChI=1S/C12H23N3O4.C12H17NO2.C3H8/c1-8(2)4-10(6-16)15-12(19)9(3)14-11(18)5-13-7-17;1-3-15-12(14)13-10(2)9-11-7-5-4-6-8-11;1-3-2/h7-10,16H,4-6H2,1-3H3,(H,13,17)(H,14,18)(H,15,19);4-8,10H,3,9H2,1-2H3,(H,13,14);3H2,1-2H3/t9-,10?;10-;/m01./s1. The first-order valence-corrected chi connectivity index (χ1v) is 12.9. The summed E-state index contributed by atoms with van der Waals surface area (Å²) in [5.74, 6) is -0.461. The number of carbonyl (C=O) groups is 4. The topological polar surface area (TPSA) is 146 Å². The number of aliphatic hydroxyl groups is 1. The highest BCUT2D eigenvalue weighted by Gasteiger charge is 2.19. The molecular weight excluding hydrogens is 476 g/mol. The van der Waals surface area contributed by atoms with E-state index in [-0.39, 0.29) is 37.2 Å². The Balaban J connectivity index is 0. The molecule has 5 N–H and O–H groups in total. The third-order valence-electron chi connectivity index (χ3n) is 4.46. The second-order valence-corrected chi connectivity index (χ2v) is 8.97. The molecule has 10 heteroatoms. The summed E-state index contributed by atoms with van der Waals surface area (Å²) in [6.45, 7) is 13.6. The lowest BCUT2D eigenvalue weighted by molar-refractivity contribution is -0.129. The van der Waals surface area contributed by atoms with E-state index in [2.05, 4.69) is 35.1 Å². The molecule has 1 aromatic carbocycles. The molecule has 0 aliphatic rings. The number of amides is 4. The van der Waals surface area contributed by atoms with E-state index >= 15 is 0 Å². The summed E-state index contributed by atoms with van der Waals surface area (Å²) >= 11 is 0. The monoisotopic (exact) mass is 524 g/mol. The van der Waals surface area contributed by atoms with Crippen molar-refractivity contribution in [2.75, 3.05) is 19.8 Å². The van der Waals surface area contributed by atoms with Gasteiger partial charge in [-0.3, -0.25) is 14.4 Å². The van der Waals surface area contributed by atoms with Crippen molar-refractivity contribution in [2.45, 2.75) is 85.9 Å². The van der Waals surface area contributed by atoms with Gasteiger partial charge in [-0.25, -0.2) is 4.79 Å². The quantitative estimate of drug-likeness (QED) is 0.251. The van der Waals surface area contributed by atoms with Crippen LogP contribution in [0.5, 0.6) is 0 Å². The Morgan fingerprint density at radius 1 is 0.973 bits per heavy atom. The minimum Gasteiger partial charge on any atom is -0.450 e. The number of nitrogens with one attached hydrogen (secondary N) is 4. The Morgan fingerprint density at radius 2 is 1.57 bits per heavy atom. The minimum atomic E-state index is -0.720. The number of benzene rings is 1. The molecule has 37 heavy (non-hydrogen) atoms. The molecule has 0 saturated carbocycles. The van der Waals surface area contributed by atoms with Crippen LogP contribution in [0.1, 0.15) is 66.9 Å². The molecule has 4 amide bonds. The SMILES string of the molecule is CC(C)CC(CO)NC(=O)[C@H](C)NC(=O)CNC=O.CCC.CCOC(=O)N[C@H](C)Cc1ccccc1. The Kier molecular flexibility index (Phi) is 22.7. The Hall–Kier alpha value is -3.14. The van der Waals surface area contributed by atoms with Crippen LogP contribution in [-0.4, -0.2) is 67.3 Å². The fourth-order valence-electron chi connectivity index (χ4n) is 2.96. The number of ether oxygens (including phenoxy) is 1. The maximum Gasteiger partial charge on any atom is 0.407 e. The summed E-state index contributed by atoms with van der Waals surface area (Å²) in [7, 11) is 0. The number of carbonyl (C=O) groups excluding carboxylic acids is 4. The number of hydrogen-bond donors (Lipinski definition) is 5. The maximum absolute atomic E-state index is 11.8. The summed E-state index contributed by atoms with van der Waals surface area (Å²) in [5, 5.41) is 19.2. The Bertz CT molecular complexity index is 746. The molecule has 1 unspecified atom stereocenters. The van der Waals surface area contributed by atoms with Gasteiger partial charge in [-0.15, -0.1) is 0 Å². The van der Waals surface area contributed by atoms with Crippen LogP contribution in [0.2, 0.25) is 0 Å². The van der Waals surface area contributed by atoms with Crippen LogP contribution in [0.3, 0.4) is 0 Å². The predicted octanol–water partition coefficient (Wildman–Crippen LogP) is 2.54. The second kappa shape index (κ2) is 23.3. The average Bonchev–Trinajstić information content (AvgIpc) is 2.83. The van der Waals surface area contributed by atoms with Gasteiger partial charge in [0, 0.05) is 6.04 Å². The van der Waals surface area contributed by atoms with Crippen LogP contribution in [0.4, 0.5) is 4.79 Å². The smallest absolute Gasteiger partial charge is 0.407 e. The van der Waals surface area contributed by atoms with Gasteiger partial charge in [-0.05, 0) is 45.1 Å². The zero-order valence-electron chi connectivity index (χ0n) is 23.5. The van der Waals surface area contributed by atoms with Gasteiger partial charge in [0.1, 0.15) is 6.04 Å². The predicted molar refractivity (Wildman–Crippen MR) is 146 cm³/mol. The first kappa shape index (κ1) is 36.0. The van der Waals surface area contributed by atoms with E-state index in [0.29, 0.717) is 25.4 Å². The second-order valence-electron chi connectivity index (χ2n) is 8.97. The van der Waals surface area contributed by atoms with Crippen LogP contribution >= 0.6 is 0 Å². The Morgan fingerprint density at radius 3 is 2.05 bits per heavy atom. The average molecular weight is 525 g/mol. The summed E-state index contributed by atoms with van der Waals surface area (Å²) < 4.78 is 4.80. The molecule has 0 fully saturated rings. The van der Waals surface area contributed by atoms with E-state index in [9.17, 15) is 19.2 Å². The van der Waals surface area contributed by atoms with Crippen molar-refractivity contribution in [1.29, 1.82) is 0 Å². The summed E-state index contributed by atoms with van der Waals surface area (Å²) in [4.78, 5) is 44.2. The lowest BCUT2D eigenvalue weighted by Gasteiger charge is -2.21. The maximum atomic E-state index is 11.8. The van der Waals surface area contributed by atoms with Crippen molar-refractivity contribution in [3.05, 3.63) is 35.9 Å². The van der Waals surface area contributed by atoms with E-state index in [4.69, 9.17) is 9.84 Å². The highest BCUT2D eigenvalue weighted by molar-refractivity contribution is 5.88. The van der Waals surface area contributed by atoms with E-state index in [0.717, 1.165) is 6.42 Å². The number of rotatable bonds is 13. The van der Waals surface area contributed by atoms with Gasteiger partial charge in [-0.1, -0.05) is 64.4 Å². The van der Waals surface area contributed by atoms with Gasteiger partial charge in [0.05, 0.1) is 25.8 Å². The Labute approximate surface area is 222 Å². The summed E-state index contributed by atoms with van der Waals surface area (Å²) in [5.41, 5.74) is 1.21. The molecule has 0 saturated heterocycles. The molecule has 212 valence electrons. The van der Waals surface area contributed by atoms with E-state index in [1.165, 1.54) is 18.9 Å². The summed E-state index contributed by atoms with van der Waals surface area (Å²) in [6, 6.07) is 9.10. The van der Waals surface area contributed by atoms with Crippen molar-refractivity contribution in [3.8, 4) is 0 Å². The molecule has 0 aliphatic carbocycles. The fourth-order valence-corrected chi connectivity index (χ4v) is 2.96. The summed E-state index contributed by atoms with van der Waals surface area (Å²) in [6.07, 6.45) is 2.80. The molecule has 1 rings (SSSR count). The number of aliphatic hydroxyl groups excluding tert-OH is 1. The molecule has 3 atom stereocenters. The molecule has 0 aliphatic heterocycles. The zero-order chi connectivity index (χ0) is 28.6. The van der Waals surface area contributed by atoms with E-state index in [1.54, 1.807) is 6.92 Å². The normalized spacial score (nSPS) is 12.2. The van der Waals surface area contributed by atoms with Gasteiger partial charge in [0.15, 0.2) is 0 Å². The van der Waals surface area contributed by atoms with Crippen LogP contribution in [0, 0.1) is 5.92 Å². The number of alkyl carbamates (subject to hydrolysis) is 1. The lowest BCUT2D eigenvalue weighted by atomic mass is 10.0. The highest BCUT2D eigenvalue weighted by Crippen LogP contribution is 2.04. The van der Waals surface area contributed by atoms with Gasteiger partial charge >= 0.3 is 6.09 Å². The van der Waals surface area contributed by atoms with Crippen molar-refractivity contribution < 1.29 is 29.0 Å². The molecule has 0 aromatic heterocycles. The van der Waals surface area contributed by atoms with Crippen molar-refractivity contribution in [2.24, 2.45) is 5.92 Å². The van der Waals surface area contributed by atoms with Crippen LogP contribution in [0.25, 0.3) is 0 Å². The van der Waals surface area contributed by atoms with Crippen LogP contribution in [-0.2, 0) is 25.5 Å². The van der Waals surface area contributed by atoms with Crippen LogP contribution < -0.4 is 21.3 Å². The van der Waals surface area contributed by atoms with E-state index < -0.39 is 11.9 Å². The molecule has 0 radical (unpaired) electrons. The highest BCUT2D eigenvalue weighted by atomic mass is 16.5. The lowest BCUT2D eigenvalue weighted by Crippen LogP contribution is -2.50. The van der Waals surface area contributed by atoms with Crippen LogP contribution in [0.15, 0.2) is 30.3 Å². The first-order valence-electron chi connectivity index (χ1n) is 12.9. The van der Waals surface area contributed by atoms with Crippen molar-refractivity contribution in [3.63, 3.8) is 0 Å². The van der Waals surface area contributed by atoms with Gasteiger partial charge < -0.3 is 31.1 Å². The minimum absolute atomic E-state index is 0.0893. The van der Waals surface area contributed by atoms with Gasteiger partial charge in [0.25, 0.3) is 0 Å². The first-order chi connectivity index (χ1) is 17.5. The van der Waals surface area contributed by atoms with Crippen molar-refractivity contribution in [1.82, 2.24) is 21.3 Å². The third kappa shape index (κ3) is 21.8. The number of hydrogen-bond acceptors (Lipinski definition) is 6. The van der Waals surface area contributed by atoms with Crippen molar-refractivity contribution >= 4 is 24.3 Å². The van der Waals surface area contributed by atoms with Gasteiger partial charge in [0.2, 0.25) is 18.2 Å². The molecule has 10 nitrogen and oxygen atoms in total.